The first-order valence-corrected chi connectivity index (χ1v) is 5.95. The third-order valence-electron chi connectivity index (χ3n) is 3.07. The molecule has 0 aromatic heterocycles. The molecule has 0 bridgehead atoms. The molecule has 19 heavy (non-hydrogen) atoms. The van der Waals surface area contributed by atoms with Gasteiger partial charge in [-0.2, -0.15) is 0 Å². The molecule has 1 aliphatic rings. The minimum Gasteiger partial charge on any atom is -0.497 e. The highest BCUT2D eigenvalue weighted by atomic mass is 35.5. The summed E-state index contributed by atoms with van der Waals surface area (Å²) in [5.41, 5.74) is 0.533. The fourth-order valence-corrected chi connectivity index (χ4v) is 1.81. The van der Waals surface area contributed by atoms with Crippen LogP contribution in [0.3, 0.4) is 0 Å². The molecule has 0 radical (unpaired) electrons. The second-order valence-electron chi connectivity index (χ2n) is 4.30. The quantitative estimate of drug-likeness (QED) is 0.850. The highest BCUT2D eigenvalue weighted by Crippen LogP contribution is 2.24. The molecule has 0 aliphatic carbocycles. The maximum atomic E-state index is 12.0. The molecular formula is C13H19ClN2O3. The monoisotopic (exact) mass is 286 g/mol. The average molecular weight is 287 g/mol. The number of rotatable bonds is 5. The molecule has 106 valence electrons. The van der Waals surface area contributed by atoms with Crippen molar-refractivity contribution in [1.29, 1.82) is 0 Å². The maximum Gasteiger partial charge on any atom is 0.255 e. The van der Waals surface area contributed by atoms with Crippen molar-refractivity contribution >= 4 is 18.3 Å². The molecule has 1 aromatic rings. The van der Waals surface area contributed by atoms with Crippen LogP contribution in [-0.2, 0) is 0 Å². The average Bonchev–Trinajstić information content (AvgIpc) is 2.35. The Morgan fingerprint density at radius 3 is 2.63 bits per heavy atom. The highest BCUT2D eigenvalue weighted by Gasteiger charge is 2.19. The number of halogens is 1. The summed E-state index contributed by atoms with van der Waals surface area (Å²) in [5, 5.41) is 6.08. The van der Waals surface area contributed by atoms with E-state index in [9.17, 15) is 4.79 Å². The van der Waals surface area contributed by atoms with Crippen molar-refractivity contribution in [3.8, 4) is 11.5 Å². The van der Waals surface area contributed by atoms with Crippen molar-refractivity contribution in [2.75, 3.05) is 33.9 Å². The Balaban J connectivity index is 0.00000180. The summed E-state index contributed by atoms with van der Waals surface area (Å²) >= 11 is 0. The Hall–Kier alpha value is -1.46. The Labute approximate surface area is 119 Å². The number of benzene rings is 1. The van der Waals surface area contributed by atoms with Gasteiger partial charge in [-0.15, -0.1) is 12.4 Å². The van der Waals surface area contributed by atoms with Crippen LogP contribution in [0.5, 0.6) is 11.5 Å². The van der Waals surface area contributed by atoms with Crippen LogP contribution in [0, 0.1) is 5.92 Å². The van der Waals surface area contributed by atoms with Gasteiger partial charge in [0, 0.05) is 31.6 Å². The lowest BCUT2D eigenvalue weighted by Crippen LogP contribution is -2.48. The van der Waals surface area contributed by atoms with Gasteiger partial charge in [-0.25, -0.2) is 0 Å². The minimum absolute atomic E-state index is 0. The van der Waals surface area contributed by atoms with E-state index in [0.29, 0.717) is 29.5 Å². The first-order chi connectivity index (χ1) is 8.74. The zero-order valence-corrected chi connectivity index (χ0v) is 11.9. The van der Waals surface area contributed by atoms with Crippen LogP contribution in [0.25, 0.3) is 0 Å². The fraction of sp³-hybridized carbons (Fsp3) is 0.462. The number of carbonyl (C=O) groups is 1. The van der Waals surface area contributed by atoms with Crippen molar-refractivity contribution in [1.82, 2.24) is 10.6 Å². The van der Waals surface area contributed by atoms with E-state index in [2.05, 4.69) is 10.6 Å². The molecule has 0 spiro atoms. The normalized spacial score (nSPS) is 14.0. The largest absolute Gasteiger partial charge is 0.497 e. The second kappa shape index (κ2) is 7.21. The molecule has 6 heteroatoms. The van der Waals surface area contributed by atoms with E-state index >= 15 is 0 Å². The predicted molar refractivity (Wildman–Crippen MR) is 75.5 cm³/mol. The SMILES string of the molecule is COc1ccc(C(=O)NCC2CNC2)c(OC)c1.Cl. The Morgan fingerprint density at radius 1 is 1.37 bits per heavy atom. The van der Waals surface area contributed by atoms with Gasteiger partial charge >= 0.3 is 0 Å². The van der Waals surface area contributed by atoms with E-state index in [-0.39, 0.29) is 18.3 Å². The third kappa shape index (κ3) is 3.75. The van der Waals surface area contributed by atoms with Crippen molar-refractivity contribution in [2.45, 2.75) is 0 Å². The Bertz CT molecular complexity index is 436. The van der Waals surface area contributed by atoms with Crippen molar-refractivity contribution in [3.63, 3.8) is 0 Å². The van der Waals surface area contributed by atoms with Crippen LogP contribution in [0.2, 0.25) is 0 Å². The lowest BCUT2D eigenvalue weighted by Gasteiger charge is -2.27. The van der Waals surface area contributed by atoms with E-state index in [1.807, 2.05) is 0 Å². The molecule has 2 N–H and O–H groups in total. The van der Waals surface area contributed by atoms with Gasteiger partial charge in [-0.1, -0.05) is 0 Å². The van der Waals surface area contributed by atoms with Gasteiger partial charge in [-0.3, -0.25) is 4.79 Å². The summed E-state index contributed by atoms with van der Waals surface area (Å²) in [4.78, 5) is 12.0. The summed E-state index contributed by atoms with van der Waals surface area (Å²) < 4.78 is 10.3. The molecular weight excluding hydrogens is 268 g/mol. The van der Waals surface area contributed by atoms with Crippen LogP contribution in [0.1, 0.15) is 10.4 Å². The van der Waals surface area contributed by atoms with E-state index in [4.69, 9.17) is 9.47 Å². The van der Waals surface area contributed by atoms with Crippen LogP contribution >= 0.6 is 12.4 Å². The molecule has 0 saturated carbocycles. The molecule has 1 saturated heterocycles. The van der Waals surface area contributed by atoms with Gasteiger partial charge in [0.1, 0.15) is 11.5 Å². The lowest BCUT2D eigenvalue weighted by atomic mass is 10.0. The van der Waals surface area contributed by atoms with Crippen molar-refractivity contribution < 1.29 is 14.3 Å². The fourth-order valence-electron chi connectivity index (χ4n) is 1.81. The summed E-state index contributed by atoms with van der Waals surface area (Å²) in [5.74, 6) is 1.63. The number of hydrogen-bond donors (Lipinski definition) is 2. The Kier molecular flexibility index (Phi) is 5.92. The van der Waals surface area contributed by atoms with Gasteiger partial charge in [0.25, 0.3) is 5.91 Å². The van der Waals surface area contributed by atoms with Gasteiger partial charge in [-0.05, 0) is 12.1 Å². The number of hydrogen-bond acceptors (Lipinski definition) is 4. The zero-order chi connectivity index (χ0) is 13.0. The van der Waals surface area contributed by atoms with Crippen molar-refractivity contribution in [3.05, 3.63) is 23.8 Å². The van der Waals surface area contributed by atoms with Gasteiger partial charge in [0.05, 0.1) is 19.8 Å². The van der Waals surface area contributed by atoms with Crippen LogP contribution in [-0.4, -0.2) is 39.8 Å². The van der Waals surface area contributed by atoms with Gasteiger partial charge in [0.2, 0.25) is 0 Å². The van der Waals surface area contributed by atoms with E-state index < -0.39 is 0 Å². The number of methoxy groups -OCH3 is 2. The summed E-state index contributed by atoms with van der Waals surface area (Å²) in [7, 11) is 3.12. The standard InChI is InChI=1S/C13H18N2O3.ClH/c1-17-10-3-4-11(12(5-10)18-2)13(16)15-8-9-6-14-7-9;/h3-5,9,14H,6-8H2,1-2H3,(H,15,16);1H. The topological polar surface area (TPSA) is 59.6 Å². The highest BCUT2D eigenvalue weighted by molar-refractivity contribution is 5.97. The first-order valence-electron chi connectivity index (χ1n) is 5.95. The molecule has 2 rings (SSSR count). The molecule has 1 aliphatic heterocycles. The minimum atomic E-state index is -0.110. The smallest absolute Gasteiger partial charge is 0.255 e. The third-order valence-corrected chi connectivity index (χ3v) is 3.07. The molecule has 5 nitrogen and oxygen atoms in total. The van der Waals surface area contributed by atoms with Gasteiger partial charge < -0.3 is 20.1 Å². The van der Waals surface area contributed by atoms with Crippen LogP contribution in [0.4, 0.5) is 0 Å². The number of ether oxygens (including phenoxy) is 2. The number of carbonyl (C=O) groups excluding carboxylic acids is 1. The van der Waals surface area contributed by atoms with Crippen molar-refractivity contribution in [2.24, 2.45) is 5.92 Å². The van der Waals surface area contributed by atoms with Crippen LogP contribution < -0.4 is 20.1 Å². The number of nitrogens with one attached hydrogen (secondary N) is 2. The molecule has 0 atom stereocenters. The Morgan fingerprint density at radius 2 is 2.11 bits per heavy atom. The van der Waals surface area contributed by atoms with Gasteiger partial charge in [0.15, 0.2) is 0 Å². The molecule has 1 fully saturated rings. The second-order valence-corrected chi connectivity index (χ2v) is 4.30. The number of amides is 1. The first kappa shape index (κ1) is 15.6. The van der Waals surface area contributed by atoms with E-state index in [1.165, 1.54) is 0 Å². The maximum absolute atomic E-state index is 12.0. The lowest BCUT2D eigenvalue weighted by molar-refractivity contribution is 0.0939. The van der Waals surface area contributed by atoms with Crippen LogP contribution in [0.15, 0.2) is 18.2 Å². The molecule has 1 aromatic carbocycles. The molecule has 0 unspecified atom stereocenters. The zero-order valence-electron chi connectivity index (χ0n) is 11.1. The predicted octanol–water partition coefficient (Wildman–Crippen LogP) is 1.07. The summed E-state index contributed by atoms with van der Waals surface area (Å²) in [6.45, 7) is 2.64. The van der Waals surface area contributed by atoms with E-state index in [1.54, 1.807) is 32.4 Å². The summed E-state index contributed by atoms with van der Waals surface area (Å²) in [6, 6.07) is 5.17. The molecule has 1 heterocycles. The summed E-state index contributed by atoms with van der Waals surface area (Å²) in [6.07, 6.45) is 0. The van der Waals surface area contributed by atoms with E-state index in [0.717, 1.165) is 13.1 Å². The molecule has 1 amide bonds.